The average molecular weight is 184 g/mol. The van der Waals surface area contributed by atoms with Gasteiger partial charge in [-0.2, -0.15) is 0 Å². The highest BCUT2D eigenvalue weighted by atomic mass is 16.6. The number of rotatable bonds is 3. The van der Waals surface area contributed by atoms with Crippen LogP contribution in [-0.2, 0) is 9.53 Å². The van der Waals surface area contributed by atoms with Crippen LogP contribution in [0.2, 0.25) is 0 Å². The van der Waals surface area contributed by atoms with E-state index < -0.39 is 0 Å². The minimum Gasteiger partial charge on any atom is -0.458 e. The quantitative estimate of drug-likeness (QED) is 0.630. The molecule has 0 radical (unpaired) electrons. The Hall–Kier alpha value is -0.530. The molecule has 0 spiro atoms. The van der Waals surface area contributed by atoms with Crippen molar-refractivity contribution in [3.05, 3.63) is 0 Å². The molecule has 1 fully saturated rings. The molecule has 1 aliphatic rings. The van der Waals surface area contributed by atoms with E-state index in [1.807, 2.05) is 0 Å². The lowest BCUT2D eigenvalue weighted by Crippen LogP contribution is -2.43. The minimum atomic E-state index is -0.196. The summed E-state index contributed by atoms with van der Waals surface area (Å²) in [6.45, 7) is 8.64. The zero-order valence-corrected chi connectivity index (χ0v) is 9.14. The summed E-state index contributed by atoms with van der Waals surface area (Å²) in [7, 11) is 0. The second-order valence-corrected chi connectivity index (χ2v) is 4.56. The van der Waals surface area contributed by atoms with Crippen molar-refractivity contribution < 1.29 is 9.53 Å². The van der Waals surface area contributed by atoms with E-state index in [0.29, 0.717) is 6.42 Å². The maximum Gasteiger partial charge on any atom is 0.306 e. The molecule has 0 unspecified atom stereocenters. The lowest BCUT2D eigenvalue weighted by Gasteiger charge is -2.41. The van der Waals surface area contributed by atoms with Crippen LogP contribution >= 0.6 is 0 Å². The van der Waals surface area contributed by atoms with E-state index in [2.05, 4.69) is 27.7 Å². The molecule has 2 nitrogen and oxygen atoms in total. The highest BCUT2D eigenvalue weighted by molar-refractivity contribution is 5.72. The summed E-state index contributed by atoms with van der Waals surface area (Å²) in [6.07, 6.45) is 3.47. The normalized spacial score (nSPS) is 29.1. The third-order valence-electron chi connectivity index (χ3n) is 3.73. The Morgan fingerprint density at radius 2 is 2.08 bits per heavy atom. The van der Waals surface area contributed by atoms with Gasteiger partial charge in [-0.3, -0.25) is 4.79 Å². The van der Waals surface area contributed by atoms with Gasteiger partial charge in [0.15, 0.2) is 0 Å². The average Bonchev–Trinajstić information content (AvgIpc) is 2.49. The van der Waals surface area contributed by atoms with Crippen LogP contribution in [0.1, 0.15) is 53.4 Å². The van der Waals surface area contributed by atoms with E-state index in [0.717, 1.165) is 19.3 Å². The highest BCUT2D eigenvalue weighted by Gasteiger charge is 2.49. The smallest absolute Gasteiger partial charge is 0.306 e. The molecule has 1 heterocycles. The number of carbonyl (C=O) groups excluding carboxylic acids is 1. The van der Waals surface area contributed by atoms with E-state index in [1.165, 1.54) is 0 Å². The summed E-state index contributed by atoms with van der Waals surface area (Å²) in [4.78, 5) is 11.2. The standard InChI is InChI=1S/C11H20O2/c1-5-10(3,4)11(6-2)8-7-9(12)13-11/h5-8H2,1-4H3/t11-/m1/s1. The summed E-state index contributed by atoms with van der Waals surface area (Å²) < 4.78 is 5.51. The SMILES string of the molecule is CCC(C)(C)[C@@]1(CC)CCC(=O)O1. The molecule has 1 rings (SSSR count). The zero-order valence-electron chi connectivity index (χ0n) is 9.14. The fourth-order valence-electron chi connectivity index (χ4n) is 2.15. The van der Waals surface area contributed by atoms with Crippen molar-refractivity contribution in [1.29, 1.82) is 0 Å². The second kappa shape index (κ2) is 3.32. The van der Waals surface area contributed by atoms with Crippen LogP contribution in [-0.4, -0.2) is 11.6 Å². The molecule has 13 heavy (non-hydrogen) atoms. The lowest BCUT2D eigenvalue weighted by molar-refractivity contribution is -0.160. The van der Waals surface area contributed by atoms with Gasteiger partial charge in [0.05, 0.1) is 0 Å². The van der Waals surface area contributed by atoms with Crippen molar-refractivity contribution in [3.63, 3.8) is 0 Å². The van der Waals surface area contributed by atoms with Crippen LogP contribution < -0.4 is 0 Å². The van der Waals surface area contributed by atoms with E-state index in [9.17, 15) is 4.79 Å². The lowest BCUT2D eigenvalue weighted by atomic mass is 9.70. The predicted molar refractivity (Wildman–Crippen MR) is 52.4 cm³/mol. The van der Waals surface area contributed by atoms with E-state index in [-0.39, 0.29) is 17.0 Å². The molecule has 1 aliphatic heterocycles. The van der Waals surface area contributed by atoms with Crippen molar-refractivity contribution in [2.45, 2.75) is 59.0 Å². The Bertz CT molecular complexity index is 208. The molecule has 0 N–H and O–H groups in total. The summed E-state index contributed by atoms with van der Waals surface area (Å²) >= 11 is 0. The molecule has 0 aromatic rings. The van der Waals surface area contributed by atoms with Crippen LogP contribution in [0, 0.1) is 5.41 Å². The molecule has 2 heteroatoms. The molecule has 0 amide bonds. The summed E-state index contributed by atoms with van der Waals surface area (Å²) in [5.74, 6) is -0.0247. The van der Waals surface area contributed by atoms with Crippen molar-refractivity contribution >= 4 is 5.97 Å². The summed E-state index contributed by atoms with van der Waals surface area (Å²) in [5, 5.41) is 0. The van der Waals surface area contributed by atoms with Gasteiger partial charge in [-0.15, -0.1) is 0 Å². The van der Waals surface area contributed by atoms with Crippen LogP contribution in [0.25, 0.3) is 0 Å². The van der Waals surface area contributed by atoms with Crippen LogP contribution in [0.5, 0.6) is 0 Å². The zero-order chi connectivity index (χ0) is 10.1. The molecule has 1 atom stereocenters. The largest absolute Gasteiger partial charge is 0.458 e. The van der Waals surface area contributed by atoms with Gasteiger partial charge >= 0.3 is 5.97 Å². The molecule has 76 valence electrons. The molecule has 0 saturated carbocycles. The Morgan fingerprint density at radius 3 is 2.38 bits per heavy atom. The van der Waals surface area contributed by atoms with Gasteiger partial charge in [-0.05, 0) is 19.3 Å². The van der Waals surface area contributed by atoms with E-state index >= 15 is 0 Å². The highest BCUT2D eigenvalue weighted by Crippen LogP contribution is 2.46. The van der Waals surface area contributed by atoms with Crippen molar-refractivity contribution in [2.24, 2.45) is 5.41 Å². The number of carbonyl (C=O) groups is 1. The first-order valence-corrected chi connectivity index (χ1v) is 5.19. The number of ether oxygens (including phenoxy) is 1. The molecule has 0 aromatic heterocycles. The predicted octanol–water partition coefficient (Wildman–Crippen LogP) is 2.91. The van der Waals surface area contributed by atoms with Gasteiger partial charge in [0.25, 0.3) is 0 Å². The molecular formula is C11H20O2. The third kappa shape index (κ3) is 1.59. The maximum atomic E-state index is 11.2. The first kappa shape index (κ1) is 10.6. The van der Waals surface area contributed by atoms with Gasteiger partial charge in [-0.25, -0.2) is 0 Å². The minimum absolute atomic E-state index is 0.0247. The van der Waals surface area contributed by atoms with Gasteiger partial charge in [0, 0.05) is 11.8 Å². The van der Waals surface area contributed by atoms with E-state index in [4.69, 9.17) is 4.74 Å². The topological polar surface area (TPSA) is 26.3 Å². The van der Waals surface area contributed by atoms with Gasteiger partial charge in [0.2, 0.25) is 0 Å². The van der Waals surface area contributed by atoms with Gasteiger partial charge in [-0.1, -0.05) is 27.7 Å². The van der Waals surface area contributed by atoms with Gasteiger partial charge in [0.1, 0.15) is 5.60 Å². The Kier molecular flexibility index (Phi) is 2.69. The van der Waals surface area contributed by atoms with Crippen LogP contribution in [0.4, 0.5) is 0 Å². The maximum absolute atomic E-state index is 11.2. The number of hydrogen-bond donors (Lipinski definition) is 0. The molecular weight excluding hydrogens is 164 g/mol. The number of hydrogen-bond acceptors (Lipinski definition) is 2. The van der Waals surface area contributed by atoms with Crippen molar-refractivity contribution in [3.8, 4) is 0 Å². The number of esters is 1. The fourth-order valence-corrected chi connectivity index (χ4v) is 2.15. The monoisotopic (exact) mass is 184 g/mol. The first-order chi connectivity index (χ1) is 5.97. The van der Waals surface area contributed by atoms with Crippen molar-refractivity contribution in [1.82, 2.24) is 0 Å². The first-order valence-electron chi connectivity index (χ1n) is 5.19. The molecule has 0 aliphatic carbocycles. The second-order valence-electron chi connectivity index (χ2n) is 4.56. The van der Waals surface area contributed by atoms with Crippen LogP contribution in [0.15, 0.2) is 0 Å². The fraction of sp³-hybridized carbons (Fsp3) is 0.909. The molecule has 1 saturated heterocycles. The number of cyclic esters (lactones) is 1. The Morgan fingerprint density at radius 1 is 1.46 bits per heavy atom. The van der Waals surface area contributed by atoms with E-state index in [1.54, 1.807) is 0 Å². The van der Waals surface area contributed by atoms with Crippen LogP contribution in [0.3, 0.4) is 0 Å². The summed E-state index contributed by atoms with van der Waals surface area (Å²) in [5.41, 5.74) is -0.0905. The molecule has 0 bridgehead atoms. The Labute approximate surface area is 80.7 Å². The molecule has 0 aromatic carbocycles. The van der Waals surface area contributed by atoms with Gasteiger partial charge < -0.3 is 4.74 Å². The summed E-state index contributed by atoms with van der Waals surface area (Å²) in [6, 6.07) is 0. The third-order valence-corrected chi connectivity index (χ3v) is 3.73. The Balaban J connectivity index is 2.88. The van der Waals surface area contributed by atoms with Crippen molar-refractivity contribution in [2.75, 3.05) is 0 Å².